The zero-order valence-corrected chi connectivity index (χ0v) is 21.6. The number of nitrogens with zero attached hydrogens (tertiary/aromatic N) is 4. The predicted molar refractivity (Wildman–Crippen MR) is 135 cm³/mol. The number of azide groups is 1. The van der Waals surface area contributed by atoms with Gasteiger partial charge in [-0.15, -0.1) is 0 Å². The number of unbranched alkanes of at least 4 members (excludes halogenated alkanes) is 1. The van der Waals surface area contributed by atoms with Crippen LogP contribution in [0.2, 0.25) is 0 Å². The van der Waals surface area contributed by atoms with Crippen LogP contribution < -0.4 is 9.47 Å². The van der Waals surface area contributed by atoms with E-state index in [9.17, 15) is 9.59 Å². The third kappa shape index (κ3) is 4.79. The molecular weight excluding hydrogens is 492 g/mol. The monoisotopic (exact) mass is 524 g/mol. The SMILES string of the molecule is CCCCN1CCc2cc3c(cc2[C@@H]2[C@H](OC(=O)[C@@]4(C/C=C/CN=[N+]=[N-])CC(=O)O4)C(OC)=C[C@@H]21)OCO3. The summed E-state index contributed by atoms with van der Waals surface area (Å²) in [6, 6.07) is 3.99. The number of benzene rings is 1. The summed E-state index contributed by atoms with van der Waals surface area (Å²) >= 11 is 0. The number of carbonyl (C=O) groups is 2. The molecule has 1 fully saturated rings. The van der Waals surface area contributed by atoms with Crippen LogP contribution in [-0.4, -0.2) is 68.1 Å². The molecule has 1 aromatic carbocycles. The minimum absolute atomic E-state index is 0.0421. The van der Waals surface area contributed by atoms with Gasteiger partial charge in [-0.1, -0.05) is 30.6 Å². The van der Waals surface area contributed by atoms with E-state index in [-0.39, 0.29) is 38.1 Å². The van der Waals surface area contributed by atoms with Gasteiger partial charge in [0.05, 0.1) is 13.5 Å². The fourth-order valence-corrected chi connectivity index (χ4v) is 5.69. The molecule has 11 nitrogen and oxygen atoms in total. The fourth-order valence-electron chi connectivity index (χ4n) is 5.69. The van der Waals surface area contributed by atoms with Crippen LogP contribution in [0.3, 0.4) is 0 Å². The summed E-state index contributed by atoms with van der Waals surface area (Å²) in [5, 5.41) is 3.45. The minimum atomic E-state index is -1.41. The van der Waals surface area contributed by atoms with Crippen LogP contribution in [0.25, 0.3) is 10.4 Å². The molecule has 0 spiro atoms. The second-order valence-electron chi connectivity index (χ2n) is 9.89. The van der Waals surface area contributed by atoms with Crippen molar-refractivity contribution in [1.82, 2.24) is 4.90 Å². The van der Waals surface area contributed by atoms with E-state index in [1.54, 1.807) is 19.3 Å². The molecule has 3 heterocycles. The number of hydrogen-bond acceptors (Lipinski definition) is 9. The first-order valence-corrected chi connectivity index (χ1v) is 13.0. The largest absolute Gasteiger partial charge is 0.497 e. The van der Waals surface area contributed by atoms with Gasteiger partial charge in [-0.3, -0.25) is 9.69 Å². The van der Waals surface area contributed by atoms with Crippen molar-refractivity contribution in [3.8, 4) is 11.5 Å². The number of ether oxygens (including phenoxy) is 5. The van der Waals surface area contributed by atoms with E-state index in [1.165, 1.54) is 0 Å². The number of fused-ring (bicyclic) bond motifs is 4. The lowest BCUT2D eigenvalue weighted by Crippen LogP contribution is -2.55. The van der Waals surface area contributed by atoms with Gasteiger partial charge in [-0.05, 0) is 54.3 Å². The molecule has 5 rings (SSSR count). The summed E-state index contributed by atoms with van der Waals surface area (Å²) in [6.45, 7) is 4.23. The van der Waals surface area contributed by atoms with Gasteiger partial charge in [-0.25, -0.2) is 4.79 Å². The molecule has 0 saturated carbocycles. The first-order chi connectivity index (χ1) is 18.5. The van der Waals surface area contributed by atoms with Crippen molar-refractivity contribution in [2.75, 3.05) is 33.5 Å². The van der Waals surface area contributed by atoms with E-state index in [0.717, 1.165) is 49.2 Å². The average molecular weight is 525 g/mol. The van der Waals surface area contributed by atoms with Gasteiger partial charge in [-0.2, -0.15) is 0 Å². The smallest absolute Gasteiger partial charge is 0.352 e. The van der Waals surface area contributed by atoms with E-state index in [0.29, 0.717) is 11.5 Å². The highest BCUT2D eigenvalue weighted by Gasteiger charge is 2.56. The molecular formula is C27H32N4O7. The predicted octanol–water partition coefficient (Wildman–Crippen LogP) is 3.92. The van der Waals surface area contributed by atoms with E-state index >= 15 is 0 Å². The van der Waals surface area contributed by atoms with Crippen LogP contribution in [0.5, 0.6) is 11.5 Å². The van der Waals surface area contributed by atoms with E-state index in [2.05, 4.69) is 27.9 Å². The van der Waals surface area contributed by atoms with E-state index in [1.807, 2.05) is 12.1 Å². The molecule has 1 saturated heterocycles. The van der Waals surface area contributed by atoms with Crippen molar-refractivity contribution < 1.29 is 33.3 Å². The zero-order chi connectivity index (χ0) is 26.7. The Morgan fingerprint density at radius 2 is 2.11 bits per heavy atom. The van der Waals surface area contributed by atoms with E-state index < -0.39 is 23.6 Å². The first-order valence-electron chi connectivity index (χ1n) is 13.0. The number of esters is 2. The van der Waals surface area contributed by atoms with Gasteiger partial charge < -0.3 is 23.7 Å². The number of carbonyl (C=O) groups excluding carboxylic acids is 2. The first kappa shape index (κ1) is 25.9. The highest BCUT2D eigenvalue weighted by atomic mass is 16.7. The third-order valence-corrected chi connectivity index (χ3v) is 7.64. The Kier molecular flexibility index (Phi) is 7.49. The van der Waals surface area contributed by atoms with Gasteiger partial charge in [0, 0.05) is 36.4 Å². The molecule has 4 aliphatic rings. The second-order valence-corrected chi connectivity index (χ2v) is 9.89. The molecule has 0 bridgehead atoms. The Balaban J connectivity index is 1.46. The summed E-state index contributed by atoms with van der Waals surface area (Å²) < 4.78 is 28.6. The molecule has 0 radical (unpaired) electrons. The zero-order valence-electron chi connectivity index (χ0n) is 21.6. The Bertz CT molecular complexity index is 1200. The number of hydrogen-bond donors (Lipinski definition) is 0. The van der Waals surface area contributed by atoms with Crippen molar-refractivity contribution in [2.45, 2.75) is 62.7 Å². The van der Waals surface area contributed by atoms with Gasteiger partial charge >= 0.3 is 11.9 Å². The molecule has 11 heteroatoms. The molecule has 0 N–H and O–H groups in total. The molecule has 1 aromatic rings. The molecule has 4 atom stereocenters. The average Bonchev–Trinajstić information content (AvgIpc) is 3.46. The van der Waals surface area contributed by atoms with Crippen LogP contribution in [-0.2, 0) is 30.2 Å². The lowest BCUT2D eigenvalue weighted by Gasteiger charge is -2.39. The van der Waals surface area contributed by atoms with Crippen LogP contribution in [0.1, 0.15) is 49.7 Å². The Labute approximate surface area is 220 Å². The number of cyclic esters (lactones) is 1. The topological polar surface area (TPSA) is 132 Å². The molecule has 0 unspecified atom stereocenters. The summed E-state index contributed by atoms with van der Waals surface area (Å²) in [4.78, 5) is 30.5. The van der Waals surface area contributed by atoms with E-state index in [4.69, 9.17) is 29.2 Å². The summed E-state index contributed by atoms with van der Waals surface area (Å²) in [7, 11) is 1.58. The molecule has 1 aliphatic carbocycles. The minimum Gasteiger partial charge on any atom is -0.497 e. The molecule has 0 amide bonds. The van der Waals surface area contributed by atoms with Gasteiger partial charge in [0.25, 0.3) is 0 Å². The van der Waals surface area contributed by atoms with Crippen molar-refractivity contribution in [1.29, 1.82) is 0 Å². The van der Waals surface area contributed by atoms with Crippen LogP contribution in [0.15, 0.2) is 41.2 Å². The maximum absolute atomic E-state index is 13.6. The summed E-state index contributed by atoms with van der Waals surface area (Å²) in [5.74, 6) is 0.657. The standard InChI is InChI=1S/C27H32N4O7/c1-3-4-10-31-11-7-17-12-20-21(36-16-35-20)13-18(17)24-19(31)14-22(34-2)25(24)37-26(33)27(15-23(32)38-27)8-5-6-9-29-30-28/h5-6,12-14,19,24-25H,3-4,7-11,15-16H2,1-2H3/b6-5+/t19-,24-,25+,27+/m0/s1. The fraction of sp³-hybridized carbons (Fsp3) is 0.556. The maximum Gasteiger partial charge on any atom is 0.352 e. The van der Waals surface area contributed by atoms with Crippen LogP contribution in [0, 0.1) is 0 Å². The summed E-state index contributed by atoms with van der Waals surface area (Å²) in [6.07, 6.45) is 7.63. The van der Waals surface area contributed by atoms with Crippen molar-refractivity contribution >= 4 is 11.9 Å². The summed E-state index contributed by atoms with van der Waals surface area (Å²) in [5.41, 5.74) is 9.21. The van der Waals surface area contributed by atoms with Gasteiger partial charge in [0.1, 0.15) is 5.76 Å². The number of rotatable bonds is 10. The van der Waals surface area contributed by atoms with Gasteiger partial charge in [0.15, 0.2) is 17.6 Å². The highest BCUT2D eigenvalue weighted by molar-refractivity contribution is 5.94. The quantitative estimate of drug-likeness (QED) is 0.148. The van der Waals surface area contributed by atoms with Crippen molar-refractivity contribution in [3.05, 3.63) is 57.7 Å². The Morgan fingerprint density at radius 1 is 1.32 bits per heavy atom. The highest BCUT2D eigenvalue weighted by Crippen LogP contribution is 2.47. The molecule has 3 aliphatic heterocycles. The Hall–Kier alpha value is -3.69. The number of methoxy groups -OCH3 is 1. The molecule has 202 valence electrons. The van der Waals surface area contributed by atoms with Crippen molar-refractivity contribution in [2.24, 2.45) is 5.11 Å². The van der Waals surface area contributed by atoms with Crippen LogP contribution >= 0.6 is 0 Å². The second kappa shape index (κ2) is 11.0. The van der Waals surface area contributed by atoms with Gasteiger partial charge in [0.2, 0.25) is 12.4 Å². The molecule has 0 aromatic heterocycles. The lowest BCUT2D eigenvalue weighted by molar-refractivity contribution is -0.210. The maximum atomic E-state index is 13.6. The lowest BCUT2D eigenvalue weighted by atomic mass is 9.86. The van der Waals surface area contributed by atoms with Crippen LogP contribution in [0.4, 0.5) is 0 Å². The molecule has 38 heavy (non-hydrogen) atoms. The Morgan fingerprint density at radius 3 is 2.82 bits per heavy atom. The third-order valence-electron chi connectivity index (χ3n) is 7.64. The van der Waals surface area contributed by atoms with Crippen molar-refractivity contribution in [3.63, 3.8) is 0 Å². The normalized spacial score (nSPS) is 27.4.